The molecule has 0 N–H and O–H groups in total. The van der Waals surface area contributed by atoms with Gasteiger partial charge in [0.15, 0.2) is 6.61 Å². The van der Waals surface area contributed by atoms with Gasteiger partial charge in [0, 0.05) is 12.3 Å². The van der Waals surface area contributed by atoms with Gasteiger partial charge in [0.2, 0.25) is 12.9 Å². The number of hydrogen-bond donors (Lipinski definition) is 0. The van der Waals surface area contributed by atoms with Gasteiger partial charge in [0.25, 0.3) is 0 Å². The topological polar surface area (TPSA) is 15.8 Å². The van der Waals surface area contributed by atoms with Crippen LogP contribution in [0.15, 0.2) is 28.9 Å². The van der Waals surface area contributed by atoms with Crippen molar-refractivity contribution in [1.29, 1.82) is 0 Å². The van der Waals surface area contributed by atoms with Crippen molar-refractivity contribution in [2.75, 3.05) is 6.61 Å². The highest BCUT2D eigenvalue weighted by Crippen LogP contribution is 2.33. The fourth-order valence-electron chi connectivity index (χ4n) is 2.28. The van der Waals surface area contributed by atoms with Gasteiger partial charge in [0.1, 0.15) is 11.3 Å². The Kier molecular flexibility index (Phi) is 2.03. The molecule has 0 spiro atoms. The average Bonchev–Trinajstić information content (AvgIpc) is 2.67. The standard InChI is InChI=1S/C14H15O2/c1-3-16-8-7-12-11(9-16)14-10(2)5-4-6-13(14)15-12/h4-8H,3,9H2,1-2H3/q+1. The number of aryl methyl sites for hydroxylation is 1. The molecule has 2 heteroatoms. The third-order valence-corrected chi connectivity index (χ3v) is 3.17. The first kappa shape index (κ1) is 9.52. The quantitative estimate of drug-likeness (QED) is 0.661. The van der Waals surface area contributed by atoms with Gasteiger partial charge in [-0.25, -0.2) is 0 Å². The second kappa shape index (κ2) is 3.41. The lowest BCUT2D eigenvalue weighted by molar-refractivity contribution is -0.0657. The van der Waals surface area contributed by atoms with E-state index in [1.807, 2.05) is 24.5 Å². The van der Waals surface area contributed by atoms with Crippen LogP contribution in [0, 0.1) is 6.92 Å². The first-order chi connectivity index (χ1) is 7.79. The molecule has 0 radical (unpaired) electrons. The second-order valence-corrected chi connectivity index (χ2v) is 4.17. The lowest BCUT2D eigenvalue weighted by Gasteiger charge is -2.21. The molecule has 1 aliphatic heterocycles. The van der Waals surface area contributed by atoms with Gasteiger partial charge in [0.05, 0.1) is 11.6 Å². The van der Waals surface area contributed by atoms with Crippen LogP contribution in [-0.4, -0.2) is 6.61 Å². The van der Waals surface area contributed by atoms with Gasteiger partial charge >= 0.3 is 0 Å². The smallest absolute Gasteiger partial charge is 0.221 e. The van der Waals surface area contributed by atoms with Crippen molar-refractivity contribution in [3.05, 3.63) is 41.3 Å². The summed E-state index contributed by atoms with van der Waals surface area (Å²) in [5, 5.41) is 1.27. The van der Waals surface area contributed by atoms with Crippen LogP contribution in [0.3, 0.4) is 0 Å². The maximum atomic E-state index is 5.84. The van der Waals surface area contributed by atoms with E-state index in [9.17, 15) is 0 Å². The van der Waals surface area contributed by atoms with Crippen molar-refractivity contribution in [1.82, 2.24) is 0 Å². The summed E-state index contributed by atoms with van der Waals surface area (Å²) in [5.74, 6) is 1.00. The van der Waals surface area contributed by atoms with Crippen LogP contribution in [-0.2, 0) is 11.0 Å². The molecule has 2 nitrogen and oxygen atoms in total. The fraction of sp³-hybridized carbons (Fsp3) is 0.286. The van der Waals surface area contributed by atoms with E-state index in [1.54, 1.807) is 0 Å². The predicted octanol–water partition coefficient (Wildman–Crippen LogP) is 3.80. The normalized spacial score (nSPS) is 14.5. The van der Waals surface area contributed by atoms with E-state index in [0.717, 1.165) is 24.6 Å². The summed E-state index contributed by atoms with van der Waals surface area (Å²) in [7, 11) is 0. The number of benzene rings is 1. The van der Waals surface area contributed by atoms with Gasteiger partial charge < -0.3 is 8.78 Å². The van der Waals surface area contributed by atoms with Crippen LogP contribution in [0.1, 0.15) is 23.8 Å². The summed E-state index contributed by atoms with van der Waals surface area (Å²) < 4.78 is 8.94. The summed E-state index contributed by atoms with van der Waals surface area (Å²) in [6.07, 6.45) is 4.06. The Morgan fingerprint density at radius 1 is 1.38 bits per heavy atom. The SMILES string of the molecule is CC[O+]1C=Cc2oc3cccc(C)c3c2C1. The molecule has 2 aromatic rings. The number of hydrogen-bond acceptors (Lipinski definition) is 1. The molecule has 2 heterocycles. The molecule has 1 aromatic carbocycles. The van der Waals surface area contributed by atoms with Crippen LogP contribution >= 0.6 is 0 Å². The van der Waals surface area contributed by atoms with Crippen molar-refractivity contribution in [3.8, 4) is 0 Å². The maximum absolute atomic E-state index is 5.84. The highest BCUT2D eigenvalue weighted by Gasteiger charge is 2.22. The van der Waals surface area contributed by atoms with Crippen LogP contribution < -0.4 is 0 Å². The summed E-state index contributed by atoms with van der Waals surface area (Å²) in [5.41, 5.74) is 3.57. The Bertz CT molecular complexity index is 563. The van der Waals surface area contributed by atoms with Crippen LogP contribution in [0.2, 0.25) is 0 Å². The van der Waals surface area contributed by atoms with Gasteiger partial charge in [-0.1, -0.05) is 12.1 Å². The number of fused-ring (bicyclic) bond motifs is 3. The lowest BCUT2D eigenvalue weighted by atomic mass is 10.1. The first-order valence-corrected chi connectivity index (χ1v) is 5.65. The minimum absolute atomic E-state index is 0.875. The number of rotatable bonds is 1. The second-order valence-electron chi connectivity index (χ2n) is 4.17. The van der Waals surface area contributed by atoms with E-state index >= 15 is 0 Å². The van der Waals surface area contributed by atoms with E-state index in [2.05, 4.69) is 24.3 Å². The molecule has 0 bridgehead atoms. The largest absolute Gasteiger partial charge is 0.574 e. The molecule has 0 amide bonds. The van der Waals surface area contributed by atoms with E-state index in [1.165, 1.54) is 16.5 Å². The van der Waals surface area contributed by atoms with E-state index in [4.69, 9.17) is 4.42 Å². The zero-order valence-electron chi connectivity index (χ0n) is 9.62. The highest BCUT2D eigenvalue weighted by atomic mass is 16.7. The van der Waals surface area contributed by atoms with Crippen molar-refractivity contribution < 1.29 is 8.78 Å². The summed E-state index contributed by atoms with van der Waals surface area (Å²) in [6, 6.07) is 6.22. The van der Waals surface area contributed by atoms with E-state index in [0.29, 0.717) is 0 Å². The highest BCUT2D eigenvalue weighted by molar-refractivity contribution is 5.87. The fourth-order valence-corrected chi connectivity index (χ4v) is 2.28. The Hall–Kier alpha value is -1.70. The van der Waals surface area contributed by atoms with E-state index in [-0.39, 0.29) is 0 Å². The molecule has 0 unspecified atom stereocenters. The monoisotopic (exact) mass is 215 g/mol. The molecule has 3 rings (SSSR count). The maximum Gasteiger partial charge on any atom is 0.221 e. The van der Waals surface area contributed by atoms with Crippen LogP contribution in [0.25, 0.3) is 17.0 Å². The Morgan fingerprint density at radius 3 is 3.06 bits per heavy atom. The first-order valence-electron chi connectivity index (χ1n) is 5.65. The summed E-state index contributed by atoms with van der Waals surface area (Å²) in [6.45, 7) is 6.10. The minimum atomic E-state index is 0.875. The van der Waals surface area contributed by atoms with Gasteiger partial charge in [-0.2, -0.15) is 0 Å². The van der Waals surface area contributed by atoms with Gasteiger partial charge in [-0.3, -0.25) is 0 Å². The Labute approximate surface area is 94.8 Å². The van der Waals surface area contributed by atoms with Crippen molar-refractivity contribution in [2.24, 2.45) is 0 Å². The molecule has 16 heavy (non-hydrogen) atoms. The molecule has 0 aliphatic carbocycles. The molecular weight excluding hydrogens is 200 g/mol. The molecule has 0 fully saturated rings. The van der Waals surface area contributed by atoms with Gasteiger partial charge in [-0.05, 0) is 18.6 Å². The van der Waals surface area contributed by atoms with Crippen molar-refractivity contribution in [3.63, 3.8) is 0 Å². The van der Waals surface area contributed by atoms with Crippen molar-refractivity contribution >= 4 is 17.0 Å². The molecule has 0 saturated carbocycles. The van der Waals surface area contributed by atoms with Crippen LogP contribution in [0.5, 0.6) is 0 Å². The average molecular weight is 215 g/mol. The zero-order valence-corrected chi connectivity index (χ0v) is 9.62. The Morgan fingerprint density at radius 2 is 2.25 bits per heavy atom. The Balaban J connectivity index is 2.25. The zero-order chi connectivity index (χ0) is 11.1. The molecule has 0 saturated heterocycles. The van der Waals surface area contributed by atoms with Crippen molar-refractivity contribution in [2.45, 2.75) is 20.5 Å². The lowest BCUT2D eigenvalue weighted by Crippen LogP contribution is -2.10. The third kappa shape index (κ3) is 1.26. The third-order valence-electron chi connectivity index (χ3n) is 3.17. The molecule has 1 aliphatic rings. The molecular formula is C14H15O2+. The van der Waals surface area contributed by atoms with Gasteiger partial charge in [-0.15, -0.1) is 0 Å². The molecule has 0 atom stereocenters. The van der Waals surface area contributed by atoms with E-state index < -0.39 is 0 Å². The molecule has 82 valence electrons. The summed E-state index contributed by atoms with van der Waals surface area (Å²) >= 11 is 0. The minimum Gasteiger partial charge on any atom is -0.574 e. The molecule has 1 aromatic heterocycles. The summed E-state index contributed by atoms with van der Waals surface area (Å²) in [4.78, 5) is 0. The predicted molar refractivity (Wildman–Crippen MR) is 65.3 cm³/mol. The van der Waals surface area contributed by atoms with Crippen LogP contribution in [0.4, 0.5) is 0 Å². The number of furan rings is 1.